The molecule has 2 aromatic carbocycles. The smallest absolute Gasteiger partial charge is 0.269 e. The minimum atomic E-state index is -0.368. The predicted molar refractivity (Wildman–Crippen MR) is 101 cm³/mol. The molecular formula is C20H16F2N6O. The Morgan fingerprint density at radius 3 is 2.69 bits per heavy atom. The fraction of sp³-hybridized carbons (Fsp3) is 0.100. The molecule has 0 bridgehead atoms. The van der Waals surface area contributed by atoms with Crippen molar-refractivity contribution in [2.24, 2.45) is 0 Å². The normalized spacial score (nSPS) is 10.8. The van der Waals surface area contributed by atoms with E-state index in [2.05, 4.69) is 25.6 Å². The molecule has 2 N–H and O–H groups in total. The summed E-state index contributed by atoms with van der Waals surface area (Å²) in [5.74, 6) is -0.596. The van der Waals surface area contributed by atoms with Gasteiger partial charge in [-0.05, 0) is 48.0 Å². The van der Waals surface area contributed by atoms with Crippen molar-refractivity contribution in [1.29, 1.82) is 0 Å². The zero-order valence-electron chi connectivity index (χ0n) is 15.1. The van der Waals surface area contributed by atoms with Crippen molar-refractivity contribution >= 4 is 5.91 Å². The first kappa shape index (κ1) is 18.5. The Labute approximate surface area is 164 Å². The Hall–Kier alpha value is -3.88. The standard InChI is InChI=1S/C20H16F2N6O/c21-15-6-4-14(5-7-15)17-9-18(26-25-17)20(29)23-10-19-24-12-28(27-19)11-13-2-1-3-16(22)8-13/h1-9,12H,10-11H2,(H,23,29)(H,25,26). The van der Waals surface area contributed by atoms with Gasteiger partial charge in [-0.2, -0.15) is 10.2 Å². The fourth-order valence-electron chi connectivity index (χ4n) is 2.77. The van der Waals surface area contributed by atoms with Crippen LogP contribution in [0.25, 0.3) is 11.3 Å². The molecule has 0 unspecified atom stereocenters. The molecule has 0 aliphatic rings. The van der Waals surface area contributed by atoms with Gasteiger partial charge in [-0.3, -0.25) is 9.89 Å². The Balaban J connectivity index is 1.35. The van der Waals surface area contributed by atoms with Gasteiger partial charge >= 0.3 is 0 Å². The van der Waals surface area contributed by atoms with Gasteiger partial charge in [0.05, 0.1) is 18.8 Å². The first-order chi connectivity index (χ1) is 14.1. The van der Waals surface area contributed by atoms with E-state index in [1.54, 1.807) is 35.0 Å². The zero-order chi connectivity index (χ0) is 20.2. The summed E-state index contributed by atoms with van der Waals surface area (Å²) < 4.78 is 27.8. The topological polar surface area (TPSA) is 88.5 Å². The number of H-pyrrole nitrogens is 1. The first-order valence-corrected chi connectivity index (χ1v) is 8.79. The maximum atomic E-state index is 13.3. The molecule has 0 aliphatic carbocycles. The van der Waals surface area contributed by atoms with Gasteiger partial charge in [0.15, 0.2) is 5.82 Å². The van der Waals surface area contributed by atoms with Crippen molar-refractivity contribution in [1.82, 2.24) is 30.3 Å². The van der Waals surface area contributed by atoms with Crippen LogP contribution >= 0.6 is 0 Å². The van der Waals surface area contributed by atoms with Crippen molar-refractivity contribution < 1.29 is 13.6 Å². The number of carbonyl (C=O) groups is 1. The number of halogens is 2. The van der Waals surface area contributed by atoms with E-state index in [0.717, 1.165) is 5.56 Å². The lowest BCUT2D eigenvalue weighted by molar-refractivity contribution is 0.0945. The summed E-state index contributed by atoms with van der Waals surface area (Å²) in [5, 5.41) is 13.7. The van der Waals surface area contributed by atoms with Crippen LogP contribution in [0.15, 0.2) is 60.9 Å². The predicted octanol–water partition coefficient (Wildman–Crippen LogP) is 2.92. The average molecular weight is 394 g/mol. The number of nitrogens with one attached hydrogen (secondary N) is 2. The number of aromatic amines is 1. The molecule has 0 saturated carbocycles. The number of benzene rings is 2. The molecule has 0 fully saturated rings. The van der Waals surface area contributed by atoms with Crippen LogP contribution in [0.3, 0.4) is 0 Å². The van der Waals surface area contributed by atoms with Crippen LogP contribution < -0.4 is 5.32 Å². The van der Waals surface area contributed by atoms with E-state index in [4.69, 9.17) is 0 Å². The Kier molecular flexibility index (Phi) is 5.10. The monoisotopic (exact) mass is 394 g/mol. The second kappa shape index (κ2) is 8.01. The van der Waals surface area contributed by atoms with Gasteiger partial charge in [-0.1, -0.05) is 12.1 Å². The second-order valence-electron chi connectivity index (χ2n) is 6.34. The quantitative estimate of drug-likeness (QED) is 0.526. The van der Waals surface area contributed by atoms with E-state index in [-0.39, 0.29) is 29.8 Å². The SMILES string of the molecule is O=C(NCc1ncn(Cc2cccc(F)c2)n1)c1cc(-c2ccc(F)cc2)n[nH]1. The van der Waals surface area contributed by atoms with E-state index >= 15 is 0 Å². The van der Waals surface area contributed by atoms with Crippen LogP contribution in [0.5, 0.6) is 0 Å². The van der Waals surface area contributed by atoms with Gasteiger partial charge in [0, 0.05) is 5.56 Å². The molecule has 9 heteroatoms. The Bertz CT molecular complexity index is 1140. The maximum Gasteiger partial charge on any atom is 0.269 e. The number of hydrogen-bond acceptors (Lipinski definition) is 4. The van der Waals surface area contributed by atoms with Crippen LogP contribution in [0.2, 0.25) is 0 Å². The molecule has 0 aliphatic heterocycles. The summed E-state index contributed by atoms with van der Waals surface area (Å²) in [6, 6.07) is 13.6. The third-order valence-corrected chi connectivity index (χ3v) is 4.19. The largest absolute Gasteiger partial charge is 0.343 e. The van der Waals surface area contributed by atoms with Gasteiger partial charge in [-0.25, -0.2) is 18.4 Å². The van der Waals surface area contributed by atoms with Crippen LogP contribution in [-0.2, 0) is 13.1 Å². The minimum Gasteiger partial charge on any atom is -0.343 e. The van der Waals surface area contributed by atoms with Crippen molar-refractivity contribution in [2.75, 3.05) is 0 Å². The van der Waals surface area contributed by atoms with E-state index in [1.165, 1.54) is 30.6 Å². The highest BCUT2D eigenvalue weighted by Gasteiger charge is 2.12. The molecule has 0 saturated heterocycles. The maximum absolute atomic E-state index is 13.3. The molecule has 4 aromatic rings. The molecule has 2 aromatic heterocycles. The van der Waals surface area contributed by atoms with Gasteiger partial charge in [0.25, 0.3) is 5.91 Å². The van der Waals surface area contributed by atoms with E-state index < -0.39 is 0 Å². The number of hydrogen-bond donors (Lipinski definition) is 2. The van der Waals surface area contributed by atoms with Crippen molar-refractivity contribution in [3.63, 3.8) is 0 Å². The van der Waals surface area contributed by atoms with E-state index in [1.807, 2.05) is 0 Å². The van der Waals surface area contributed by atoms with Crippen LogP contribution in [0, 0.1) is 11.6 Å². The number of aromatic nitrogens is 5. The van der Waals surface area contributed by atoms with Gasteiger partial charge < -0.3 is 5.32 Å². The van der Waals surface area contributed by atoms with Gasteiger partial charge in [0.2, 0.25) is 0 Å². The van der Waals surface area contributed by atoms with Crippen LogP contribution in [0.1, 0.15) is 21.9 Å². The number of carbonyl (C=O) groups excluding carboxylic acids is 1. The van der Waals surface area contributed by atoms with Gasteiger partial charge in [-0.15, -0.1) is 0 Å². The van der Waals surface area contributed by atoms with Crippen molar-refractivity contribution in [3.05, 3.63) is 89.6 Å². The lowest BCUT2D eigenvalue weighted by Crippen LogP contribution is -2.23. The molecule has 4 rings (SSSR count). The van der Waals surface area contributed by atoms with E-state index in [9.17, 15) is 13.6 Å². The summed E-state index contributed by atoms with van der Waals surface area (Å²) >= 11 is 0. The number of nitrogens with zero attached hydrogens (tertiary/aromatic N) is 4. The number of rotatable bonds is 6. The van der Waals surface area contributed by atoms with Crippen molar-refractivity contribution in [3.8, 4) is 11.3 Å². The van der Waals surface area contributed by atoms with Gasteiger partial charge in [0.1, 0.15) is 23.7 Å². The Morgan fingerprint density at radius 2 is 1.90 bits per heavy atom. The summed E-state index contributed by atoms with van der Waals surface area (Å²) in [5.41, 5.74) is 2.26. The average Bonchev–Trinajstić information content (AvgIpc) is 3.37. The fourth-order valence-corrected chi connectivity index (χ4v) is 2.77. The third kappa shape index (κ3) is 4.52. The van der Waals surface area contributed by atoms with E-state index in [0.29, 0.717) is 23.6 Å². The lowest BCUT2D eigenvalue weighted by Gasteiger charge is -2.01. The first-order valence-electron chi connectivity index (χ1n) is 8.79. The lowest BCUT2D eigenvalue weighted by atomic mass is 10.1. The Morgan fingerprint density at radius 1 is 1.07 bits per heavy atom. The summed E-state index contributed by atoms with van der Waals surface area (Å²) in [6.07, 6.45) is 1.52. The second-order valence-corrected chi connectivity index (χ2v) is 6.34. The van der Waals surface area contributed by atoms with Crippen LogP contribution in [0.4, 0.5) is 8.78 Å². The summed E-state index contributed by atoms with van der Waals surface area (Å²) in [4.78, 5) is 16.4. The van der Waals surface area contributed by atoms with Crippen LogP contribution in [-0.4, -0.2) is 30.9 Å². The number of amides is 1. The molecule has 7 nitrogen and oxygen atoms in total. The molecule has 29 heavy (non-hydrogen) atoms. The summed E-state index contributed by atoms with van der Waals surface area (Å²) in [6.45, 7) is 0.500. The molecule has 0 radical (unpaired) electrons. The molecule has 2 heterocycles. The summed E-state index contributed by atoms with van der Waals surface area (Å²) in [7, 11) is 0. The zero-order valence-corrected chi connectivity index (χ0v) is 15.1. The molecule has 0 spiro atoms. The third-order valence-electron chi connectivity index (χ3n) is 4.19. The minimum absolute atomic E-state index is 0.125. The molecule has 0 atom stereocenters. The highest BCUT2D eigenvalue weighted by atomic mass is 19.1. The highest BCUT2D eigenvalue weighted by molar-refractivity contribution is 5.93. The highest BCUT2D eigenvalue weighted by Crippen LogP contribution is 2.18. The van der Waals surface area contributed by atoms with Crippen molar-refractivity contribution in [2.45, 2.75) is 13.1 Å². The molecule has 1 amide bonds. The molecular weight excluding hydrogens is 378 g/mol. The molecule has 146 valence electrons.